The van der Waals surface area contributed by atoms with E-state index < -0.39 is 4.84 Å². The van der Waals surface area contributed by atoms with Crippen molar-refractivity contribution in [2.24, 2.45) is 0 Å². The molecule has 2 aromatic carbocycles. The van der Waals surface area contributed by atoms with Gasteiger partial charge in [0.1, 0.15) is 4.84 Å². The van der Waals surface area contributed by atoms with Crippen LogP contribution < -0.4 is 10.3 Å². The summed E-state index contributed by atoms with van der Waals surface area (Å²) in [5.41, 5.74) is 4.87. The van der Waals surface area contributed by atoms with E-state index in [1.807, 2.05) is 54.6 Å². The summed E-state index contributed by atoms with van der Waals surface area (Å²) in [5.74, 6) is 0.748. The molecule has 0 unspecified atom stereocenters. The summed E-state index contributed by atoms with van der Waals surface area (Å²) < 4.78 is 0. The molecule has 0 aliphatic carbocycles. The number of para-hydroxylation sites is 1. The van der Waals surface area contributed by atoms with Gasteiger partial charge in [-0.2, -0.15) is 5.48 Å². The molecule has 0 saturated heterocycles. The maximum Gasteiger partial charge on any atom is 0.154 e. The standard InChI is InChI=1S/C14H13Cl2NO/c15-14(16)10-17-18-13-9-5-4-8-12(13)11-6-2-1-3-7-11/h1-9,14,17H,10H2. The Bertz CT molecular complexity index is 488. The molecule has 0 aromatic heterocycles. The monoisotopic (exact) mass is 281 g/mol. The summed E-state index contributed by atoms with van der Waals surface area (Å²) in [6, 6.07) is 17.8. The quantitative estimate of drug-likeness (QED) is 0.660. The van der Waals surface area contributed by atoms with Crippen LogP contribution in [-0.4, -0.2) is 11.4 Å². The molecular formula is C14H13Cl2NO. The van der Waals surface area contributed by atoms with Crippen LogP contribution in [0.25, 0.3) is 11.1 Å². The van der Waals surface area contributed by atoms with Crippen molar-refractivity contribution in [2.75, 3.05) is 6.54 Å². The van der Waals surface area contributed by atoms with E-state index >= 15 is 0 Å². The Hall–Kier alpha value is -1.22. The van der Waals surface area contributed by atoms with E-state index in [0.29, 0.717) is 6.54 Å². The van der Waals surface area contributed by atoms with E-state index in [1.54, 1.807) is 0 Å². The summed E-state index contributed by atoms with van der Waals surface area (Å²) in [7, 11) is 0. The Balaban J connectivity index is 2.16. The minimum Gasteiger partial charge on any atom is -0.408 e. The average molecular weight is 282 g/mol. The van der Waals surface area contributed by atoms with Gasteiger partial charge in [0.25, 0.3) is 0 Å². The lowest BCUT2D eigenvalue weighted by Crippen LogP contribution is -2.24. The molecule has 0 saturated carbocycles. The largest absolute Gasteiger partial charge is 0.408 e. The van der Waals surface area contributed by atoms with Gasteiger partial charge in [-0.05, 0) is 11.6 Å². The number of hydroxylamine groups is 1. The first kappa shape index (κ1) is 13.2. The van der Waals surface area contributed by atoms with Crippen molar-refractivity contribution in [1.29, 1.82) is 0 Å². The number of rotatable bonds is 5. The highest BCUT2D eigenvalue weighted by molar-refractivity contribution is 6.44. The normalized spacial score (nSPS) is 10.6. The van der Waals surface area contributed by atoms with Crippen molar-refractivity contribution < 1.29 is 4.84 Å². The molecule has 0 amide bonds. The summed E-state index contributed by atoms with van der Waals surface area (Å²) in [5, 5.41) is 0. The molecular weight excluding hydrogens is 269 g/mol. The van der Waals surface area contributed by atoms with Crippen molar-refractivity contribution in [2.45, 2.75) is 4.84 Å². The Morgan fingerprint density at radius 3 is 2.33 bits per heavy atom. The fourth-order valence-corrected chi connectivity index (χ4v) is 1.72. The molecule has 0 aliphatic rings. The van der Waals surface area contributed by atoms with Gasteiger partial charge in [0.15, 0.2) is 5.75 Å². The Kier molecular flexibility index (Phi) is 4.88. The fraction of sp³-hybridized carbons (Fsp3) is 0.143. The highest BCUT2D eigenvalue weighted by Gasteiger charge is 2.06. The number of hydrogen-bond acceptors (Lipinski definition) is 2. The third kappa shape index (κ3) is 3.64. The van der Waals surface area contributed by atoms with Gasteiger partial charge in [-0.1, -0.05) is 48.5 Å². The molecule has 0 radical (unpaired) electrons. The van der Waals surface area contributed by atoms with Crippen LogP contribution in [0.2, 0.25) is 0 Å². The molecule has 1 N–H and O–H groups in total. The van der Waals surface area contributed by atoms with Crippen LogP contribution in [0.1, 0.15) is 0 Å². The molecule has 0 aliphatic heterocycles. The van der Waals surface area contributed by atoms with Crippen LogP contribution in [0.5, 0.6) is 5.75 Å². The van der Waals surface area contributed by atoms with Crippen molar-refractivity contribution in [3.05, 3.63) is 54.6 Å². The number of halogens is 2. The number of alkyl halides is 2. The smallest absolute Gasteiger partial charge is 0.154 e. The maximum absolute atomic E-state index is 5.62. The molecule has 0 atom stereocenters. The first-order chi connectivity index (χ1) is 8.77. The zero-order chi connectivity index (χ0) is 12.8. The highest BCUT2D eigenvalue weighted by Crippen LogP contribution is 2.28. The molecule has 18 heavy (non-hydrogen) atoms. The summed E-state index contributed by atoms with van der Waals surface area (Å²) in [4.78, 5) is 4.99. The first-order valence-electron chi connectivity index (χ1n) is 5.59. The van der Waals surface area contributed by atoms with Crippen LogP contribution in [-0.2, 0) is 0 Å². The average Bonchev–Trinajstić information content (AvgIpc) is 2.40. The highest BCUT2D eigenvalue weighted by atomic mass is 35.5. The molecule has 0 spiro atoms. The Morgan fingerprint density at radius 1 is 0.944 bits per heavy atom. The van der Waals surface area contributed by atoms with Gasteiger partial charge >= 0.3 is 0 Å². The Morgan fingerprint density at radius 2 is 1.61 bits per heavy atom. The van der Waals surface area contributed by atoms with Gasteiger partial charge in [-0.25, -0.2) is 0 Å². The van der Waals surface area contributed by atoms with E-state index in [-0.39, 0.29) is 0 Å². The molecule has 2 aromatic rings. The second kappa shape index (κ2) is 6.64. The summed E-state index contributed by atoms with van der Waals surface area (Å²) in [6.45, 7) is 0.367. The zero-order valence-electron chi connectivity index (χ0n) is 9.64. The predicted molar refractivity (Wildman–Crippen MR) is 76.0 cm³/mol. The number of benzene rings is 2. The Labute approximate surface area is 116 Å². The van der Waals surface area contributed by atoms with Gasteiger partial charge in [0.05, 0.1) is 6.54 Å². The second-order valence-corrected chi connectivity index (χ2v) is 4.98. The first-order valence-corrected chi connectivity index (χ1v) is 6.47. The number of nitrogens with one attached hydrogen (secondary N) is 1. The van der Waals surface area contributed by atoms with Gasteiger partial charge in [0.2, 0.25) is 0 Å². The SMILES string of the molecule is ClC(Cl)CNOc1ccccc1-c1ccccc1. The van der Waals surface area contributed by atoms with Crippen molar-refractivity contribution in [1.82, 2.24) is 5.48 Å². The summed E-state index contributed by atoms with van der Waals surface area (Å²) >= 11 is 11.2. The molecule has 0 heterocycles. The second-order valence-electron chi connectivity index (χ2n) is 3.70. The van der Waals surface area contributed by atoms with E-state index in [1.165, 1.54) is 0 Å². The van der Waals surface area contributed by atoms with Gasteiger partial charge in [-0.15, -0.1) is 23.2 Å². The van der Waals surface area contributed by atoms with E-state index in [9.17, 15) is 0 Å². The molecule has 4 heteroatoms. The van der Waals surface area contributed by atoms with Crippen molar-refractivity contribution >= 4 is 23.2 Å². The number of hydrogen-bond donors (Lipinski definition) is 1. The van der Waals surface area contributed by atoms with Crippen molar-refractivity contribution in [3.8, 4) is 16.9 Å². The minimum atomic E-state index is -0.492. The maximum atomic E-state index is 5.62. The topological polar surface area (TPSA) is 21.3 Å². The zero-order valence-corrected chi connectivity index (χ0v) is 11.2. The molecule has 2 rings (SSSR count). The van der Waals surface area contributed by atoms with Crippen molar-refractivity contribution in [3.63, 3.8) is 0 Å². The third-order valence-electron chi connectivity index (χ3n) is 2.39. The summed E-state index contributed by atoms with van der Waals surface area (Å²) in [6.07, 6.45) is 0. The van der Waals surface area contributed by atoms with Crippen LogP contribution in [0.15, 0.2) is 54.6 Å². The molecule has 2 nitrogen and oxygen atoms in total. The predicted octanol–water partition coefficient (Wildman–Crippen LogP) is 4.04. The van der Waals surface area contributed by atoms with Crippen LogP contribution in [0.4, 0.5) is 0 Å². The lowest BCUT2D eigenvalue weighted by molar-refractivity contribution is 0.202. The van der Waals surface area contributed by atoms with Gasteiger partial charge in [-0.3, -0.25) is 0 Å². The van der Waals surface area contributed by atoms with Crippen LogP contribution in [0, 0.1) is 0 Å². The molecule has 94 valence electrons. The van der Waals surface area contributed by atoms with E-state index in [4.69, 9.17) is 28.0 Å². The third-order valence-corrected chi connectivity index (χ3v) is 2.70. The lowest BCUT2D eigenvalue weighted by Gasteiger charge is -2.11. The van der Waals surface area contributed by atoms with Crippen LogP contribution in [0.3, 0.4) is 0 Å². The lowest BCUT2D eigenvalue weighted by atomic mass is 10.1. The van der Waals surface area contributed by atoms with Gasteiger partial charge in [0, 0.05) is 5.56 Å². The van der Waals surface area contributed by atoms with E-state index in [2.05, 4.69) is 5.48 Å². The molecule has 0 bridgehead atoms. The van der Waals surface area contributed by atoms with Gasteiger partial charge < -0.3 is 4.84 Å². The minimum absolute atomic E-state index is 0.367. The van der Waals surface area contributed by atoms with Crippen LogP contribution >= 0.6 is 23.2 Å². The molecule has 0 fully saturated rings. The fourth-order valence-electron chi connectivity index (χ4n) is 1.59. The van der Waals surface area contributed by atoms with E-state index in [0.717, 1.165) is 16.9 Å².